The molecular weight excluding hydrogens is 349 g/mol. The largest absolute Gasteiger partial charge is 0.489 e. The number of alkyl halides is 3. The Morgan fingerprint density at radius 1 is 1.27 bits per heavy atom. The van der Waals surface area contributed by atoms with Gasteiger partial charge in [0.15, 0.2) is 0 Å². The van der Waals surface area contributed by atoms with Crippen LogP contribution in [0.25, 0.3) is 0 Å². The number of piperazine rings is 1. The van der Waals surface area contributed by atoms with Crippen LogP contribution in [0.15, 0.2) is 18.5 Å². The van der Waals surface area contributed by atoms with Crippen LogP contribution in [0.1, 0.15) is 19.3 Å². The minimum atomic E-state index is -4.81. The fourth-order valence-corrected chi connectivity index (χ4v) is 4.05. The Morgan fingerprint density at radius 2 is 2.04 bits per heavy atom. The van der Waals surface area contributed by atoms with Gasteiger partial charge < -0.3 is 19.9 Å². The maximum absolute atomic E-state index is 12.5. The molecule has 0 saturated carbocycles. The summed E-state index contributed by atoms with van der Waals surface area (Å²) >= 11 is 0. The van der Waals surface area contributed by atoms with Gasteiger partial charge in [0, 0.05) is 57.2 Å². The Bertz CT molecular complexity index is 676. The molecule has 0 aromatic carbocycles. The lowest BCUT2D eigenvalue weighted by Gasteiger charge is -2.33. The fourth-order valence-electron chi connectivity index (χ4n) is 4.05. The van der Waals surface area contributed by atoms with Crippen molar-refractivity contribution in [2.45, 2.75) is 43.6 Å². The number of nitrogens with zero attached hydrogens (tertiary/aromatic N) is 3. The van der Waals surface area contributed by atoms with Crippen molar-refractivity contribution in [1.82, 2.24) is 15.2 Å². The maximum Gasteiger partial charge on any atom is 0.471 e. The lowest BCUT2D eigenvalue weighted by Crippen LogP contribution is -2.47. The molecule has 1 N–H and O–H groups in total. The van der Waals surface area contributed by atoms with Gasteiger partial charge in [-0.1, -0.05) is 0 Å². The molecule has 9 heteroatoms. The summed E-state index contributed by atoms with van der Waals surface area (Å²) in [4.78, 5) is 18.7. The van der Waals surface area contributed by atoms with Crippen LogP contribution >= 0.6 is 0 Å². The van der Waals surface area contributed by atoms with E-state index in [1.807, 2.05) is 12.3 Å². The summed E-state index contributed by atoms with van der Waals surface area (Å²) in [6.07, 6.45) is 0.323. The number of ether oxygens (including phenoxy) is 1. The highest BCUT2D eigenvalue weighted by molar-refractivity contribution is 5.81. The molecule has 142 valence electrons. The van der Waals surface area contributed by atoms with Gasteiger partial charge in [-0.05, 0) is 6.42 Å². The summed E-state index contributed by atoms with van der Waals surface area (Å²) in [7, 11) is 0. The van der Waals surface area contributed by atoms with E-state index in [9.17, 15) is 18.0 Å². The molecule has 0 radical (unpaired) electrons. The van der Waals surface area contributed by atoms with Gasteiger partial charge in [0.2, 0.25) is 0 Å². The van der Waals surface area contributed by atoms with E-state index in [1.165, 1.54) is 0 Å². The second-order valence-corrected chi connectivity index (χ2v) is 7.13. The zero-order valence-corrected chi connectivity index (χ0v) is 14.2. The number of carbonyl (C=O) groups is 1. The molecule has 2 bridgehead atoms. The summed E-state index contributed by atoms with van der Waals surface area (Å²) in [6, 6.07) is 2.95. The van der Waals surface area contributed by atoms with E-state index in [2.05, 4.69) is 15.2 Å². The van der Waals surface area contributed by atoms with Crippen molar-refractivity contribution in [2.75, 3.05) is 31.1 Å². The molecule has 1 aromatic rings. The van der Waals surface area contributed by atoms with Gasteiger partial charge in [-0.15, -0.1) is 0 Å². The Morgan fingerprint density at radius 3 is 2.65 bits per heavy atom. The monoisotopic (exact) mass is 370 g/mol. The maximum atomic E-state index is 12.5. The van der Waals surface area contributed by atoms with Crippen molar-refractivity contribution in [2.24, 2.45) is 0 Å². The van der Waals surface area contributed by atoms with Crippen LogP contribution < -0.4 is 15.0 Å². The van der Waals surface area contributed by atoms with Gasteiger partial charge in [0.1, 0.15) is 11.9 Å². The Hall–Kier alpha value is -2.03. The number of rotatable bonds is 3. The van der Waals surface area contributed by atoms with E-state index in [0.29, 0.717) is 30.7 Å². The van der Waals surface area contributed by atoms with E-state index in [4.69, 9.17) is 4.74 Å². The van der Waals surface area contributed by atoms with Crippen LogP contribution in [-0.2, 0) is 4.79 Å². The third-order valence-electron chi connectivity index (χ3n) is 5.36. The number of aromatic nitrogens is 1. The molecule has 2 atom stereocenters. The smallest absolute Gasteiger partial charge is 0.471 e. The summed E-state index contributed by atoms with van der Waals surface area (Å²) < 4.78 is 43.4. The van der Waals surface area contributed by atoms with Crippen molar-refractivity contribution in [1.29, 1.82) is 0 Å². The van der Waals surface area contributed by atoms with E-state index in [-0.39, 0.29) is 19.2 Å². The normalized spacial score (nSPS) is 26.4. The summed E-state index contributed by atoms with van der Waals surface area (Å²) in [5, 5.41) is 3.45. The lowest BCUT2D eigenvalue weighted by molar-refractivity contribution is -0.187. The zero-order valence-electron chi connectivity index (χ0n) is 14.2. The second-order valence-electron chi connectivity index (χ2n) is 7.13. The molecule has 1 aromatic heterocycles. The number of piperidine rings is 1. The van der Waals surface area contributed by atoms with E-state index in [1.54, 1.807) is 6.20 Å². The predicted molar refractivity (Wildman–Crippen MR) is 88.1 cm³/mol. The molecule has 3 aliphatic heterocycles. The minimum Gasteiger partial charge on any atom is -0.489 e. The standard InChI is InChI=1S/C17H21F3N4O2/c18-17(19,20)16(25)23-3-1-14(2-4-23)26-15-6-13(7-21-9-15)24-10-11-5-12(24)8-22-11/h6-7,9,11-12,14,22H,1-5,8,10H2/t11-,12-/m1/s1. The summed E-state index contributed by atoms with van der Waals surface area (Å²) in [5.74, 6) is -1.14. The molecule has 0 unspecified atom stereocenters. The molecule has 3 saturated heterocycles. The molecule has 0 aliphatic carbocycles. The van der Waals surface area contributed by atoms with E-state index in [0.717, 1.165) is 30.1 Å². The average molecular weight is 370 g/mol. The molecule has 3 fully saturated rings. The number of halogens is 3. The number of carbonyl (C=O) groups excluding carboxylic acids is 1. The molecule has 0 spiro atoms. The van der Waals surface area contributed by atoms with Gasteiger partial charge in [0.05, 0.1) is 18.1 Å². The highest BCUT2D eigenvalue weighted by Gasteiger charge is 2.43. The van der Waals surface area contributed by atoms with Gasteiger partial charge in [-0.2, -0.15) is 13.2 Å². The molecule has 26 heavy (non-hydrogen) atoms. The number of hydrogen-bond donors (Lipinski definition) is 1. The number of anilines is 1. The van der Waals surface area contributed by atoms with Gasteiger partial charge in [0.25, 0.3) is 0 Å². The third-order valence-corrected chi connectivity index (χ3v) is 5.36. The Kier molecular flexibility index (Phi) is 4.42. The Balaban J connectivity index is 1.34. The number of fused-ring (bicyclic) bond motifs is 2. The van der Waals surface area contributed by atoms with Crippen LogP contribution in [0.3, 0.4) is 0 Å². The topological polar surface area (TPSA) is 57.7 Å². The highest BCUT2D eigenvalue weighted by atomic mass is 19.4. The first-order chi connectivity index (χ1) is 12.4. The summed E-state index contributed by atoms with van der Waals surface area (Å²) in [5.41, 5.74) is 1.01. The highest BCUT2D eigenvalue weighted by Crippen LogP contribution is 2.31. The molecule has 4 heterocycles. The van der Waals surface area contributed by atoms with Crippen LogP contribution in [0.2, 0.25) is 0 Å². The second kappa shape index (κ2) is 6.61. The van der Waals surface area contributed by atoms with Crippen LogP contribution in [-0.4, -0.2) is 66.3 Å². The van der Waals surface area contributed by atoms with Crippen LogP contribution in [0.5, 0.6) is 5.75 Å². The van der Waals surface area contributed by atoms with Gasteiger partial charge in [-0.3, -0.25) is 9.78 Å². The SMILES string of the molecule is O=C(N1CCC(Oc2cncc(N3C[C@H]4C[C@@H]3CN4)c2)CC1)C(F)(F)F. The molecular formula is C17H21F3N4O2. The van der Waals surface area contributed by atoms with E-state index < -0.39 is 12.1 Å². The first-order valence-electron chi connectivity index (χ1n) is 8.88. The molecule has 1 amide bonds. The van der Waals surface area contributed by atoms with Gasteiger partial charge >= 0.3 is 12.1 Å². The van der Waals surface area contributed by atoms with Gasteiger partial charge in [-0.25, -0.2) is 0 Å². The van der Waals surface area contributed by atoms with Crippen molar-refractivity contribution in [3.8, 4) is 5.75 Å². The molecule has 6 nitrogen and oxygen atoms in total. The van der Waals surface area contributed by atoms with Crippen molar-refractivity contribution >= 4 is 11.6 Å². The average Bonchev–Trinajstić information content (AvgIpc) is 3.25. The number of likely N-dealkylation sites (tertiary alicyclic amines) is 1. The van der Waals surface area contributed by atoms with Crippen molar-refractivity contribution in [3.63, 3.8) is 0 Å². The fraction of sp³-hybridized carbons (Fsp3) is 0.647. The quantitative estimate of drug-likeness (QED) is 0.875. The number of pyridine rings is 1. The van der Waals surface area contributed by atoms with Crippen LogP contribution in [0.4, 0.5) is 18.9 Å². The first kappa shape index (κ1) is 17.4. The number of nitrogens with one attached hydrogen (secondary N) is 1. The number of amides is 1. The zero-order chi connectivity index (χ0) is 18.3. The van der Waals surface area contributed by atoms with E-state index >= 15 is 0 Å². The third kappa shape index (κ3) is 3.44. The van der Waals surface area contributed by atoms with Crippen molar-refractivity contribution in [3.05, 3.63) is 18.5 Å². The lowest BCUT2D eigenvalue weighted by atomic mass is 10.1. The predicted octanol–water partition coefficient (Wildman–Crippen LogP) is 1.56. The first-order valence-corrected chi connectivity index (χ1v) is 8.88. The van der Waals surface area contributed by atoms with Crippen molar-refractivity contribution < 1.29 is 22.7 Å². The minimum absolute atomic E-state index is 0.0533. The van der Waals surface area contributed by atoms with Crippen LogP contribution in [0, 0.1) is 0 Å². The summed E-state index contributed by atoms with van der Waals surface area (Å²) in [6.45, 7) is 2.03. The Labute approximate surface area is 149 Å². The molecule has 4 rings (SSSR count). The number of hydrogen-bond acceptors (Lipinski definition) is 5. The molecule has 3 aliphatic rings.